The molecule has 2 aliphatic rings. The molecule has 2 fully saturated rings. The van der Waals surface area contributed by atoms with Gasteiger partial charge in [0.1, 0.15) is 0 Å². The molecule has 1 heterocycles. The van der Waals surface area contributed by atoms with E-state index in [-0.39, 0.29) is 17.6 Å². The number of benzene rings is 1. The molecule has 1 aliphatic carbocycles. The van der Waals surface area contributed by atoms with E-state index in [1.54, 1.807) is 6.07 Å². The third-order valence-corrected chi connectivity index (χ3v) is 5.44. The Bertz CT molecular complexity index is 536. The van der Waals surface area contributed by atoms with Crippen molar-refractivity contribution in [2.24, 2.45) is 5.92 Å². The monoisotopic (exact) mass is 335 g/mol. The van der Waals surface area contributed by atoms with Crippen LogP contribution in [0.5, 0.6) is 11.5 Å². The highest BCUT2D eigenvalue weighted by molar-refractivity contribution is 5.40. The number of aliphatic hydroxyl groups is 1. The normalized spacial score (nSPS) is 28.3. The van der Waals surface area contributed by atoms with Crippen LogP contribution in [0, 0.1) is 5.92 Å². The molecule has 1 aromatic carbocycles. The topological polar surface area (TPSA) is 73.2 Å². The minimum absolute atomic E-state index is 0.0764. The summed E-state index contributed by atoms with van der Waals surface area (Å²) in [4.78, 5) is 2.45. The molecule has 0 radical (unpaired) electrons. The Morgan fingerprint density at radius 2 is 1.92 bits per heavy atom. The van der Waals surface area contributed by atoms with Gasteiger partial charge in [-0.05, 0) is 49.3 Å². The largest absolute Gasteiger partial charge is 0.504 e. The summed E-state index contributed by atoms with van der Waals surface area (Å²) >= 11 is 0. The molecule has 24 heavy (non-hydrogen) atoms. The number of β-amino-alcohol motifs (C(OH)–C–C–N with tert-alkyl or cyclic N) is 1. The highest BCUT2D eigenvalue weighted by Gasteiger charge is 2.33. The van der Waals surface area contributed by atoms with E-state index in [9.17, 15) is 15.3 Å². The molecule has 1 saturated heterocycles. The first-order chi connectivity index (χ1) is 11.6. The third kappa shape index (κ3) is 4.41. The molecule has 5 heteroatoms. The Hall–Kier alpha value is -1.30. The highest BCUT2D eigenvalue weighted by atomic mass is 16.5. The number of ether oxygens (including phenoxy) is 1. The minimum Gasteiger partial charge on any atom is -0.504 e. The van der Waals surface area contributed by atoms with Crippen molar-refractivity contribution in [2.75, 3.05) is 26.3 Å². The van der Waals surface area contributed by atoms with Crippen molar-refractivity contribution >= 4 is 0 Å². The summed E-state index contributed by atoms with van der Waals surface area (Å²) in [5.41, 5.74) is 0.966. The molecule has 0 aromatic heterocycles. The predicted molar refractivity (Wildman–Crippen MR) is 92.2 cm³/mol. The van der Waals surface area contributed by atoms with E-state index in [4.69, 9.17) is 4.74 Å². The van der Waals surface area contributed by atoms with Crippen LogP contribution in [0.3, 0.4) is 0 Å². The lowest BCUT2D eigenvalue weighted by molar-refractivity contribution is 0.0320. The van der Waals surface area contributed by atoms with Crippen molar-refractivity contribution in [3.05, 3.63) is 23.8 Å². The van der Waals surface area contributed by atoms with Gasteiger partial charge in [0.2, 0.25) is 0 Å². The summed E-state index contributed by atoms with van der Waals surface area (Å²) < 4.78 is 5.93. The number of phenols is 2. The first kappa shape index (κ1) is 17.5. The SMILES string of the molecule is Oc1ccc(CCOC[C@@H]2CCCC[C@H]2N2CC[C@@H](O)C2)cc1O. The van der Waals surface area contributed by atoms with Crippen molar-refractivity contribution in [3.8, 4) is 11.5 Å². The Kier molecular flexibility index (Phi) is 5.98. The molecular formula is C19H29NO4. The molecule has 134 valence electrons. The standard InChI is InChI=1S/C19H29NO4/c21-16-7-9-20(12-16)17-4-2-1-3-15(17)13-24-10-8-14-5-6-18(22)19(23)11-14/h5-6,11,15-17,21-23H,1-4,7-10,12-13H2/t15-,16+,17+/m0/s1. The van der Waals surface area contributed by atoms with Crippen LogP contribution < -0.4 is 0 Å². The van der Waals surface area contributed by atoms with Gasteiger partial charge in [-0.2, -0.15) is 0 Å². The van der Waals surface area contributed by atoms with Crippen molar-refractivity contribution in [3.63, 3.8) is 0 Å². The van der Waals surface area contributed by atoms with Gasteiger partial charge in [-0.3, -0.25) is 4.90 Å². The average molecular weight is 335 g/mol. The molecule has 0 bridgehead atoms. The third-order valence-electron chi connectivity index (χ3n) is 5.44. The van der Waals surface area contributed by atoms with Crippen LogP contribution in [-0.2, 0) is 11.2 Å². The zero-order valence-corrected chi connectivity index (χ0v) is 14.2. The van der Waals surface area contributed by atoms with Gasteiger partial charge in [0.15, 0.2) is 11.5 Å². The molecule has 5 nitrogen and oxygen atoms in total. The summed E-state index contributed by atoms with van der Waals surface area (Å²) in [5.74, 6) is 0.391. The van der Waals surface area contributed by atoms with Crippen LogP contribution in [0.1, 0.15) is 37.7 Å². The fourth-order valence-electron chi connectivity index (χ4n) is 4.08. The van der Waals surface area contributed by atoms with Crippen molar-refractivity contribution in [2.45, 2.75) is 50.7 Å². The molecule has 0 unspecified atom stereocenters. The Balaban J connectivity index is 1.45. The molecule has 3 N–H and O–H groups in total. The Morgan fingerprint density at radius 1 is 1.08 bits per heavy atom. The second-order valence-corrected chi connectivity index (χ2v) is 7.20. The van der Waals surface area contributed by atoms with E-state index >= 15 is 0 Å². The fraction of sp³-hybridized carbons (Fsp3) is 0.684. The van der Waals surface area contributed by atoms with Crippen molar-refractivity contribution in [1.29, 1.82) is 0 Å². The molecule has 0 spiro atoms. The van der Waals surface area contributed by atoms with Gasteiger partial charge in [0, 0.05) is 19.1 Å². The van der Waals surface area contributed by atoms with E-state index in [1.165, 1.54) is 31.7 Å². The Morgan fingerprint density at radius 3 is 2.67 bits per heavy atom. The molecule has 1 aromatic rings. The van der Waals surface area contributed by atoms with Gasteiger partial charge in [0.05, 0.1) is 19.3 Å². The van der Waals surface area contributed by atoms with E-state index in [0.29, 0.717) is 18.6 Å². The van der Waals surface area contributed by atoms with Gasteiger partial charge >= 0.3 is 0 Å². The van der Waals surface area contributed by atoms with Gasteiger partial charge < -0.3 is 20.1 Å². The van der Waals surface area contributed by atoms with E-state index in [2.05, 4.69) is 4.90 Å². The number of nitrogens with zero attached hydrogens (tertiary/aromatic N) is 1. The maximum absolute atomic E-state index is 9.79. The van der Waals surface area contributed by atoms with E-state index in [1.807, 2.05) is 6.07 Å². The quantitative estimate of drug-likeness (QED) is 0.549. The lowest BCUT2D eigenvalue weighted by Crippen LogP contribution is -2.43. The fourth-order valence-corrected chi connectivity index (χ4v) is 4.08. The van der Waals surface area contributed by atoms with Gasteiger partial charge in [-0.1, -0.05) is 18.9 Å². The smallest absolute Gasteiger partial charge is 0.157 e. The van der Waals surface area contributed by atoms with E-state index < -0.39 is 0 Å². The number of likely N-dealkylation sites (tertiary alicyclic amines) is 1. The lowest BCUT2D eigenvalue weighted by atomic mass is 9.84. The Labute approximate surface area is 143 Å². The number of aromatic hydroxyl groups is 2. The summed E-state index contributed by atoms with van der Waals surface area (Å²) in [7, 11) is 0. The summed E-state index contributed by atoms with van der Waals surface area (Å²) in [6.07, 6.45) is 6.44. The van der Waals surface area contributed by atoms with Crippen molar-refractivity contribution < 1.29 is 20.1 Å². The van der Waals surface area contributed by atoms with Crippen molar-refractivity contribution in [1.82, 2.24) is 4.90 Å². The number of aliphatic hydroxyl groups excluding tert-OH is 1. The number of rotatable bonds is 6. The second kappa shape index (κ2) is 8.19. The molecule has 0 amide bonds. The van der Waals surface area contributed by atoms with E-state index in [0.717, 1.165) is 38.1 Å². The second-order valence-electron chi connectivity index (χ2n) is 7.20. The predicted octanol–water partition coefficient (Wildman–Crippen LogP) is 2.28. The number of hydrogen-bond acceptors (Lipinski definition) is 5. The number of phenolic OH excluding ortho intramolecular Hbond substituents is 2. The summed E-state index contributed by atoms with van der Waals surface area (Å²) in [6.45, 7) is 3.21. The minimum atomic E-state index is -0.157. The van der Waals surface area contributed by atoms with Crippen LogP contribution in [0.15, 0.2) is 18.2 Å². The lowest BCUT2D eigenvalue weighted by Gasteiger charge is -2.37. The van der Waals surface area contributed by atoms with Crippen LogP contribution in [0.4, 0.5) is 0 Å². The van der Waals surface area contributed by atoms with Gasteiger partial charge in [0.25, 0.3) is 0 Å². The first-order valence-corrected chi connectivity index (χ1v) is 9.14. The average Bonchev–Trinajstić information content (AvgIpc) is 3.01. The zero-order chi connectivity index (χ0) is 16.9. The zero-order valence-electron chi connectivity index (χ0n) is 14.2. The molecular weight excluding hydrogens is 306 g/mol. The highest BCUT2D eigenvalue weighted by Crippen LogP contribution is 2.31. The maximum Gasteiger partial charge on any atom is 0.157 e. The van der Waals surface area contributed by atoms with Crippen LogP contribution in [0.2, 0.25) is 0 Å². The molecule has 3 atom stereocenters. The molecule has 1 saturated carbocycles. The van der Waals surface area contributed by atoms with Crippen LogP contribution in [0.25, 0.3) is 0 Å². The maximum atomic E-state index is 9.79. The molecule has 1 aliphatic heterocycles. The van der Waals surface area contributed by atoms with Crippen LogP contribution in [-0.4, -0.2) is 58.7 Å². The van der Waals surface area contributed by atoms with Crippen LogP contribution >= 0.6 is 0 Å². The summed E-state index contributed by atoms with van der Waals surface area (Å²) in [5, 5.41) is 28.6. The summed E-state index contributed by atoms with van der Waals surface area (Å²) in [6, 6.07) is 5.47. The molecule has 3 rings (SSSR count). The van der Waals surface area contributed by atoms with Gasteiger partial charge in [-0.25, -0.2) is 0 Å². The number of hydrogen-bond donors (Lipinski definition) is 3. The first-order valence-electron chi connectivity index (χ1n) is 9.14. The van der Waals surface area contributed by atoms with Gasteiger partial charge in [-0.15, -0.1) is 0 Å².